The Morgan fingerprint density at radius 1 is 0.947 bits per heavy atom. The molecule has 0 unspecified atom stereocenters. The van der Waals surface area contributed by atoms with E-state index < -0.39 is 0 Å². The third-order valence-corrected chi connectivity index (χ3v) is 3.45. The molecule has 2 aromatic carbocycles. The average molecular weight is 255 g/mol. The number of hydrogen-bond donors (Lipinski definition) is 1. The van der Waals surface area contributed by atoms with E-state index in [1.807, 2.05) is 37.4 Å². The lowest BCUT2D eigenvalue weighted by atomic mass is 9.95. The van der Waals surface area contributed by atoms with Crippen LogP contribution < -0.4 is 10.1 Å². The summed E-state index contributed by atoms with van der Waals surface area (Å²) in [4.78, 5) is 0. The fraction of sp³-hybridized carbons (Fsp3) is 0.294. The zero-order valence-electron chi connectivity index (χ0n) is 11.8. The summed E-state index contributed by atoms with van der Waals surface area (Å²) in [5.74, 6) is 0.902. The Balaban J connectivity index is 2.00. The molecular formula is C17H21NO. The molecular weight excluding hydrogens is 234 g/mol. The van der Waals surface area contributed by atoms with Crippen molar-refractivity contribution in [2.75, 3.05) is 7.05 Å². The van der Waals surface area contributed by atoms with Crippen molar-refractivity contribution in [2.24, 2.45) is 0 Å². The van der Waals surface area contributed by atoms with Gasteiger partial charge in [-0.05, 0) is 44.2 Å². The van der Waals surface area contributed by atoms with Gasteiger partial charge in [-0.15, -0.1) is 0 Å². The second-order valence-electron chi connectivity index (χ2n) is 5.17. The summed E-state index contributed by atoms with van der Waals surface area (Å²) in [5.41, 5.74) is 2.42. The molecule has 2 aromatic rings. The van der Waals surface area contributed by atoms with Crippen molar-refractivity contribution in [3.05, 3.63) is 65.7 Å². The minimum absolute atomic E-state index is 0.0159. The lowest BCUT2D eigenvalue weighted by molar-refractivity contribution is 0.306. The molecule has 0 heterocycles. The van der Waals surface area contributed by atoms with Crippen LogP contribution in [0, 0.1) is 0 Å². The number of ether oxygens (including phenoxy) is 1. The maximum Gasteiger partial charge on any atom is 0.119 e. The van der Waals surface area contributed by atoms with Gasteiger partial charge in [0, 0.05) is 5.54 Å². The molecule has 2 nitrogen and oxygen atoms in total. The monoisotopic (exact) mass is 255 g/mol. The maximum atomic E-state index is 5.77. The zero-order chi connectivity index (χ0) is 13.7. The topological polar surface area (TPSA) is 21.3 Å². The first-order valence-corrected chi connectivity index (χ1v) is 6.58. The van der Waals surface area contributed by atoms with E-state index in [1.165, 1.54) is 11.1 Å². The van der Waals surface area contributed by atoms with E-state index in [9.17, 15) is 0 Å². The number of hydrogen-bond acceptors (Lipinski definition) is 2. The maximum absolute atomic E-state index is 5.77. The Hall–Kier alpha value is -1.80. The summed E-state index contributed by atoms with van der Waals surface area (Å²) >= 11 is 0. The van der Waals surface area contributed by atoms with Crippen LogP contribution in [0.1, 0.15) is 25.0 Å². The minimum atomic E-state index is -0.0159. The smallest absolute Gasteiger partial charge is 0.119 e. The largest absolute Gasteiger partial charge is 0.489 e. The SMILES string of the molecule is CNC(C)(C)c1ccc(OCc2ccccc2)cc1. The van der Waals surface area contributed by atoms with Gasteiger partial charge in [0.05, 0.1) is 0 Å². The van der Waals surface area contributed by atoms with Crippen LogP contribution in [0.25, 0.3) is 0 Å². The Morgan fingerprint density at radius 3 is 2.16 bits per heavy atom. The van der Waals surface area contributed by atoms with Crippen LogP contribution in [-0.2, 0) is 12.1 Å². The molecule has 1 N–H and O–H groups in total. The summed E-state index contributed by atoms with van der Waals surface area (Å²) in [6, 6.07) is 18.5. The van der Waals surface area contributed by atoms with E-state index >= 15 is 0 Å². The predicted molar refractivity (Wildman–Crippen MR) is 79.3 cm³/mol. The molecule has 19 heavy (non-hydrogen) atoms. The first-order valence-electron chi connectivity index (χ1n) is 6.58. The summed E-state index contributed by atoms with van der Waals surface area (Å²) in [7, 11) is 1.97. The van der Waals surface area contributed by atoms with Gasteiger partial charge in [0.15, 0.2) is 0 Å². The van der Waals surface area contributed by atoms with Crippen LogP contribution in [0.4, 0.5) is 0 Å². The van der Waals surface area contributed by atoms with Crippen LogP contribution in [0.3, 0.4) is 0 Å². The second-order valence-corrected chi connectivity index (χ2v) is 5.17. The number of rotatable bonds is 5. The van der Waals surface area contributed by atoms with Crippen LogP contribution in [0.15, 0.2) is 54.6 Å². The van der Waals surface area contributed by atoms with Crippen LogP contribution in [-0.4, -0.2) is 7.05 Å². The van der Waals surface area contributed by atoms with Gasteiger partial charge in [0.2, 0.25) is 0 Å². The highest BCUT2D eigenvalue weighted by molar-refractivity contribution is 5.31. The second kappa shape index (κ2) is 5.89. The fourth-order valence-electron chi connectivity index (χ4n) is 1.85. The van der Waals surface area contributed by atoms with Crippen molar-refractivity contribution in [3.63, 3.8) is 0 Å². The minimum Gasteiger partial charge on any atom is -0.489 e. The molecule has 2 heteroatoms. The van der Waals surface area contributed by atoms with E-state index in [4.69, 9.17) is 4.74 Å². The lowest BCUT2D eigenvalue weighted by Gasteiger charge is -2.24. The molecule has 0 saturated heterocycles. The van der Waals surface area contributed by atoms with E-state index in [1.54, 1.807) is 0 Å². The Bertz CT molecular complexity index is 503. The van der Waals surface area contributed by atoms with E-state index in [0.717, 1.165) is 5.75 Å². The van der Waals surface area contributed by atoms with E-state index in [2.05, 4.69) is 43.4 Å². The average Bonchev–Trinajstić information content (AvgIpc) is 2.47. The Morgan fingerprint density at radius 2 is 1.58 bits per heavy atom. The molecule has 0 saturated carbocycles. The Labute approximate surface area is 115 Å². The third kappa shape index (κ3) is 3.58. The van der Waals surface area contributed by atoms with Gasteiger partial charge in [0.1, 0.15) is 12.4 Å². The molecule has 0 aliphatic carbocycles. The highest BCUT2D eigenvalue weighted by atomic mass is 16.5. The van der Waals surface area contributed by atoms with Gasteiger partial charge in [-0.3, -0.25) is 0 Å². The van der Waals surface area contributed by atoms with Gasteiger partial charge in [-0.25, -0.2) is 0 Å². The van der Waals surface area contributed by atoms with Gasteiger partial charge in [0.25, 0.3) is 0 Å². The van der Waals surface area contributed by atoms with Crippen molar-refractivity contribution in [1.29, 1.82) is 0 Å². The molecule has 0 aromatic heterocycles. The first kappa shape index (κ1) is 13.6. The van der Waals surface area contributed by atoms with Crippen molar-refractivity contribution in [2.45, 2.75) is 26.0 Å². The Kier molecular flexibility index (Phi) is 4.23. The molecule has 0 bridgehead atoms. The molecule has 0 radical (unpaired) electrons. The standard InChI is InChI=1S/C17H21NO/c1-17(2,18-3)15-9-11-16(12-10-15)19-13-14-7-5-4-6-8-14/h4-12,18H,13H2,1-3H3. The van der Waals surface area contributed by atoms with E-state index in [0.29, 0.717) is 6.61 Å². The van der Waals surface area contributed by atoms with Crippen LogP contribution in [0.5, 0.6) is 5.75 Å². The van der Waals surface area contributed by atoms with Gasteiger partial charge in [-0.1, -0.05) is 42.5 Å². The highest BCUT2D eigenvalue weighted by Gasteiger charge is 2.16. The van der Waals surface area contributed by atoms with Crippen molar-refractivity contribution < 1.29 is 4.74 Å². The highest BCUT2D eigenvalue weighted by Crippen LogP contribution is 2.22. The molecule has 0 aliphatic heterocycles. The molecule has 0 fully saturated rings. The predicted octanol–water partition coefficient (Wildman–Crippen LogP) is 3.72. The van der Waals surface area contributed by atoms with Crippen molar-refractivity contribution in [3.8, 4) is 5.75 Å². The normalized spacial score (nSPS) is 11.3. The zero-order valence-corrected chi connectivity index (χ0v) is 11.8. The number of nitrogens with one attached hydrogen (secondary N) is 1. The van der Waals surface area contributed by atoms with Crippen LogP contribution >= 0.6 is 0 Å². The third-order valence-electron chi connectivity index (χ3n) is 3.45. The summed E-state index contributed by atoms with van der Waals surface area (Å²) in [6.07, 6.45) is 0. The first-order chi connectivity index (χ1) is 9.12. The quantitative estimate of drug-likeness (QED) is 0.879. The molecule has 0 atom stereocenters. The number of benzene rings is 2. The molecule has 2 rings (SSSR count). The van der Waals surface area contributed by atoms with Crippen LogP contribution in [0.2, 0.25) is 0 Å². The van der Waals surface area contributed by atoms with Gasteiger partial charge in [-0.2, -0.15) is 0 Å². The van der Waals surface area contributed by atoms with Crippen molar-refractivity contribution >= 4 is 0 Å². The van der Waals surface area contributed by atoms with Gasteiger partial charge >= 0.3 is 0 Å². The fourth-order valence-corrected chi connectivity index (χ4v) is 1.85. The summed E-state index contributed by atoms with van der Waals surface area (Å²) in [6.45, 7) is 4.93. The molecule has 0 spiro atoms. The van der Waals surface area contributed by atoms with Crippen molar-refractivity contribution in [1.82, 2.24) is 5.32 Å². The molecule has 0 aliphatic rings. The molecule has 100 valence electrons. The lowest BCUT2D eigenvalue weighted by Crippen LogP contribution is -2.32. The van der Waals surface area contributed by atoms with E-state index in [-0.39, 0.29) is 5.54 Å². The van der Waals surface area contributed by atoms with Gasteiger partial charge < -0.3 is 10.1 Å². The summed E-state index contributed by atoms with van der Waals surface area (Å²) < 4.78 is 5.77. The summed E-state index contributed by atoms with van der Waals surface area (Å²) in [5, 5.41) is 3.29. The molecule has 0 amide bonds.